The molecule has 0 N–H and O–H groups in total. The molecule has 10 aromatic rings. The maximum Gasteiger partial charge on any atom is 0.0640 e. The summed E-state index contributed by atoms with van der Waals surface area (Å²) in [6.07, 6.45) is 0. The van der Waals surface area contributed by atoms with Crippen molar-refractivity contribution < 1.29 is 0 Å². The number of hydrogen-bond donors (Lipinski definition) is 0. The number of rotatable bonds is 2. The standard InChI is InChI=1S/C40H24N2S/c1-2-11-26(12-3-1)41-32-17-7-4-13-27(32)29-23-21-25-22-24-34-38(37(25)39(29)41)31-15-5-8-18-33(31)42(34)35-19-10-16-30-28-14-6-9-20-36(28)43-40(30)35/h1-24H. The normalized spacial score (nSPS) is 12.2. The van der Waals surface area contributed by atoms with Crippen LogP contribution in [0.5, 0.6) is 0 Å². The topological polar surface area (TPSA) is 9.86 Å². The van der Waals surface area contributed by atoms with Crippen LogP contribution in [-0.4, -0.2) is 9.13 Å². The summed E-state index contributed by atoms with van der Waals surface area (Å²) in [6, 6.07) is 53.3. The third-order valence-electron chi connectivity index (χ3n) is 9.09. The second-order valence-corrected chi connectivity index (χ2v) is 12.4. The van der Waals surface area contributed by atoms with Gasteiger partial charge in [0, 0.05) is 48.1 Å². The van der Waals surface area contributed by atoms with E-state index in [2.05, 4.69) is 155 Å². The molecule has 2 nitrogen and oxygen atoms in total. The minimum Gasteiger partial charge on any atom is -0.309 e. The minimum atomic E-state index is 1.18. The Bertz CT molecular complexity index is 2720. The van der Waals surface area contributed by atoms with Crippen LogP contribution >= 0.6 is 11.3 Å². The van der Waals surface area contributed by atoms with E-state index in [1.165, 1.54) is 85.9 Å². The second-order valence-electron chi connectivity index (χ2n) is 11.3. The fraction of sp³-hybridized carbons (Fsp3) is 0. The van der Waals surface area contributed by atoms with Crippen LogP contribution in [0.4, 0.5) is 0 Å². The molecule has 43 heavy (non-hydrogen) atoms. The van der Waals surface area contributed by atoms with E-state index in [1.54, 1.807) is 0 Å². The average Bonchev–Trinajstić information content (AvgIpc) is 3.73. The van der Waals surface area contributed by atoms with Gasteiger partial charge < -0.3 is 9.13 Å². The predicted molar refractivity (Wildman–Crippen MR) is 186 cm³/mol. The zero-order valence-electron chi connectivity index (χ0n) is 23.2. The molecule has 0 fully saturated rings. The Labute approximate surface area is 251 Å². The van der Waals surface area contributed by atoms with E-state index in [-0.39, 0.29) is 0 Å². The summed E-state index contributed by atoms with van der Waals surface area (Å²) in [4.78, 5) is 0. The first-order valence-corrected chi connectivity index (χ1v) is 15.5. The molecule has 0 radical (unpaired) electrons. The highest BCUT2D eigenvalue weighted by atomic mass is 32.1. The maximum absolute atomic E-state index is 2.50. The summed E-state index contributed by atoms with van der Waals surface area (Å²) in [5.74, 6) is 0. The number of benzene rings is 7. The van der Waals surface area contributed by atoms with Crippen molar-refractivity contribution in [2.45, 2.75) is 0 Å². The smallest absolute Gasteiger partial charge is 0.0640 e. The van der Waals surface area contributed by atoms with Gasteiger partial charge in [-0.15, -0.1) is 11.3 Å². The van der Waals surface area contributed by atoms with Crippen molar-refractivity contribution in [1.29, 1.82) is 0 Å². The van der Waals surface area contributed by atoms with Crippen molar-refractivity contribution in [3.63, 3.8) is 0 Å². The van der Waals surface area contributed by atoms with E-state index in [0.717, 1.165) is 0 Å². The number of hydrogen-bond acceptors (Lipinski definition) is 1. The van der Waals surface area contributed by atoms with Gasteiger partial charge in [0.25, 0.3) is 0 Å². The highest BCUT2D eigenvalue weighted by Gasteiger charge is 2.21. The van der Waals surface area contributed by atoms with Gasteiger partial charge >= 0.3 is 0 Å². The van der Waals surface area contributed by atoms with Gasteiger partial charge in [0.2, 0.25) is 0 Å². The van der Waals surface area contributed by atoms with Gasteiger partial charge in [-0.25, -0.2) is 0 Å². The molecule has 0 aliphatic heterocycles. The molecule has 0 aliphatic carbocycles. The molecule has 10 rings (SSSR count). The molecule has 3 heterocycles. The fourth-order valence-corrected chi connectivity index (χ4v) is 8.54. The van der Waals surface area contributed by atoms with Crippen molar-refractivity contribution in [3.05, 3.63) is 146 Å². The van der Waals surface area contributed by atoms with E-state index in [4.69, 9.17) is 0 Å². The lowest BCUT2D eigenvalue weighted by molar-refractivity contribution is 1.19. The second kappa shape index (κ2) is 8.57. The first kappa shape index (κ1) is 23.2. The van der Waals surface area contributed by atoms with Crippen molar-refractivity contribution in [2.24, 2.45) is 0 Å². The van der Waals surface area contributed by atoms with Crippen LogP contribution in [0.3, 0.4) is 0 Å². The summed E-state index contributed by atoms with van der Waals surface area (Å²) in [5.41, 5.74) is 7.37. The Morgan fingerprint density at radius 1 is 0.395 bits per heavy atom. The summed E-state index contributed by atoms with van der Waals surface area (Å²) < 4.78 is 7.61. The molecule has 0 unspecified atom stereocenters. The molecule has 0 spiro atoms. The van der Waals surface area contributed by atoms with E-state index in [9.17, 15) is 0 Å². The molecule has 7 aromatic carbocycles. The lowest BCUT2D eigenvalue weighted by Crippen LogP contribution is -1.95. The van der Waals surface area contributed by atoms with E-state index in [0.29, 0.717) is 0 Å². The van der Waals surface area contributed by atoms with Crippen molar-refractivity contribution >= 4 is 85.9 Å². The molecular weight excluding hydrogens is 541 g/mol. The SMILES string of the molecule is c1ccc(-n2c3ccccc3c3ccc4ccc5c(c6ccccc6n5-c5cccc6c5sc5ccccc56)c4c32)cc1. The lowest BCUT2D eigenvalue weighted by Gasteiger charge is -2.12. The molecule has 0 amide bonds. The Morgan fingerprint density at radius 3 is 1.93 bits per heavy atom. The number of para-hydroxylation sites is 3. The maximum atomic E-state index is 2.50. The molecule has 3 aromatic heterocycles. The monoisotopic (exact) mass is 564 g/mol. The van der Waals surface area contributed by atoms with Crippen LogP contribution < -0.4 is 0 Å². The molecule has 0 saturated carbocycles. The van der Waals surface area contributed by atoms with Crippen molar-refractivity contribution in [3.8, 4) is 11.4 Å². The van der Waals surface area contributed by atoms with E-state index >= 15 is 0 Å². The zero-order chi connectivity index (χ0) is 28.1. The van der Waals surface area contributed by atoms with Gasteiger partial charge in [0.1, 0.15) is 0 Å². The third kappa shape index (κ3) is 3.07. The molecule has 200 valence electrons. The zero-order valence-corrected chi connectivity index (χ0v) is 24.0. The molecule has 0 saturated heterocycles. The minimum absolute atomic E-state index is 1.18. The highest BCUT2D eigenvalue weighted by Crippen LogP contribution is 2.45. The average molecular weight is 565 g/mol. The summed E-state index contributed by atoms with van der Waals surface area (Å²) in [6.45, 7) is 0. The molecule has 0 atom stereocenters. The third-order valence-corrected chi connectivity index (χ3v) is 10.3. The van der Waals surface area contributed by atoms with Gasteiger partial charge in [0.15, 0.2) is 0 Å². The van der Waals surface area contributed by atoms with Crippen molar-refractivity contribution in [1.82, 2.24) is 9.13 Å². The number of nitrogens with zero attached hydrogens (tertiary/aromatic N) is 2. The van der Waals surface area contributed by atoms with Gasteiger partial charge in [0.05, 0.1) is 32.5 Å². The van der Waals surface area contributed by atoms with Crippen LogP contribution in [-0.2, 0) is 0 Å². The first-order valence-electron chi connectivity index (χ1n) is 14.7. The van der Waals surface area contributed by atoms with Gasteiger partial charge in [-0.3, -0.25) is 0 Å². The Morgan fingerprint density at radius 2 is 1.07 bits per heavy atom. The Hall–Kier alpha value is -5.38. The van der Waals surface area contributed by atoms with Gasteiger partial charge in [-0.1, -0.05) is 103 Å². The Balaban J connectivity index is 1.44. The molecule has 3 heteroatoms. The Kier molecular flexibility index (Phi) is 4.63. The van der Waals surface area contributed by atoms with Crippen LogP contribution in [0.1, 0.15) is 0 Å². The molecular formula is C40H24N2S. The van der Waals surface area contributed by atoms with Gasteiger partial charge in [-0.05, 0) is 47.9 Å². The van der Waals surface area contributed by atoms with Crippen LogP contribution in [0.2, 0.25) is 0 Å². The van der Waals surface area contributed by atoms with Crippen LogP contribution in [0.25, 0.3) is 85.9 Å². The highest BCUT2D eigenvalue weighted by molar-refractivity contribution is 7.26. The van der Waals surface area contributed by atoms with Crippen LogP contribution in [0.15, 0.2) is 146 Å². The van der Waals surface area contributed by atoms with Crippen LogP contribution in [0, 0.1) is 0 Å². The number of fused-ring (bicyclic) bond motifs is 12. The summed E-state index contributed by atoms with van der Waals surface area (Å²) in [5, 5.41) is 10.3. The summed E-state index contributed by atoms with van der Waals surface area (Å²) in [7, 11) is 0. The molecule has 0 aliphatic rings. The van der Waals surface area contributed by atoms with E-state index in [1.807, 2.05) is 11.3 Å². The number of thiophene rings is 1. The van der Waals surface area contributed by atoms with Crippen molar-refractivity contribution in [2.75, 3.05) is 0 Å². The predicted octanol–water partition coefficient (Wildman–Crippen LogP) is 11.4. The van der Waals surface area contributed by atoms with E-state index < -0.39 is 0 Å². The summed E-state index contributed by atoms with van der Waals surface area (Å²) >= 11 is 1.89. The fourth-order valence-electron chi connectivity index (χ4n) is 7.34. The number of aromatic nitrogens is 2. The quantitative estimate of drug-likeness (QED) is 0.198. The largest absolute Gasteiger partial charge is 0.309 e. The first-order chi connectivity index (χ1) is 21.4. The van der Waals surface area contributed by atoms with Gasteiger partial charge in [-0.2, -0.15) is 0 Å². The molecule has 0 bridgehead atoms. The lowest BCUT2D eigenvalue weighted by atomic mass is 10.0.